The summed E-state index contributed by atoms with van der Waals surface area (Å²) in [6.07, 6.45) is 4.78. The highest BCUT2D eigenvalue weighted by atomic mass is 14.2. The second-order valence-electron chi connectivity index (χ2n) is 6.31. The summed E-state index contributed by atoms with van der Waals surface area (Å²) in [4.78, 5) is 0. The molecule has 0 aromatic heterocycles. The predicted molar refractivity (Wildman–Crippen MR) is 86.6 cm³/mol. The molecule has 0 bridgehead atoms. The van der Waals surface area contributed by atoms with E-state index in [-0.39, 0.29) is 0 Å². The lowest BCUT2D eigenvalue weighted by Gasteiger charge is -2.23. The highest BCUT2D eigenvalue weighted by molar-refractivity contribution is 5.46. The van der Waals surface area contributed by atoms with Gasteiger partial charge in [0.2, 0.25) is 0 Å². The van der Waals surface area contributed by atoms with Gasteiger partial charge in [-0.25, -0.2) is 0 Å². The molecule has 0 aliphatic heterocycles. The first-order valence-electron chi connectivity index (χ1n) is 7.74. The Hall–Kier alpha value is -1.56. The molecule has 1 aliphatic carbocycles. The van der Waals surface area contributed by atoms with E-state index in [9.17, 15) is 0 Å². The summed E-state index contributed by atoms with van der Waals surface area (Å²) < 4.78 is 0. The predicted octanol–water partition coefficient (Wildman–Crippen LogP) is 4.80. The molecular weight excluding hydrogens is 240 g/mol. The number of fused-ring (bicyclic) bond motifs is 2. The van der Waals surface area contributed by atoms with E-state index in [0.29, 0.717) is 0 Å². The summed E-state index contributed by atoms with van der Waals surface area (Å²) in [7, 11) is 0. The molecule has 20 heavy (non-hydrogen) atoms. The van der Waals surface area contributed by atoms with Crippen molar-refractivity contribution in [2.24, 2.45) is 0 Å². The average molecular weight is 264 g/mol. The van der Waals surface area contributed by atoms with Crippen LogP contribution in [0.5, 0.6) is 0 Å². The van der Waals surface area contributed by atoms with Crippen LogP contribution in [0.2, 0.25) is 0 Å². The summed E-state index contributed by atoms with van der Waals surface area (Å²) in [5, 5.41) is 0. The van der Waals surface area contributed by atoms with E-state index < -0.39 is 0 Å². The second-order valence-corrected chi connectivity index (χ2v) is 6.31. The van der Waals surface area contributed by atoms with Crippen molar-refractivity contribution in [2.75, 3.05) is 0 Å². The Morgan fingerprint density at radius 2 is 0.650 bits per heavy atom. The van der Waals surface area contributed by atoms with Gasteiger partial charge in [0.1, 0.15) is 0 Å². The molecule has 1 aliphatic rings. The van der Waals surface area contributed by atoms with E-state index in [0.717, 1.165) is 0 Å². The first-order valence-corrected chi connectivity index (χ1v) is 7.74. The van der Waals surface area contributed by atoms with E-state index in [2.05, 4.69) is 52.0 Å². The summed E-state index contributed by atoms with van der Waals surface area (Å²) in [5.41, 5.74) is 12.3. The Morgan fingerprint density at radius 1 is 0.450 bits per heavy atom. The van der Waals surface area contributed by atoms with E-state index in [4.69, 9.17) is 0 Å². The zero-order valence-corrected chi connectivity index (χ0v) is 13.1. The van der Waals surface area contributed by atoms with Gasteiger partial charge in [0, 0.05) is 0 Å². The average Bonchev–Trinajstić information content (AvgIpc) is 2.39. The highest BCUT2D eigenvalue weighted by Gasteiger charge is 2.17. The van der Waals surface area contributed by atoms with E-state index in [1.54, 1.807) is 22.3 Å². The first-order chi connectivity index (χ1) is 9.58. The summed E-state index contributed by atoms with van der Waals surface area (Å²) in [6, 6.07) is 9.17. The Kier molecular flexibility index (Phi) is 3.41. The minimum Gasteiger partial charge on any atom is -0.0588 e. The Morgan fingerprint density at radius 3 is 0.850 bits per heavy atom. The lowest BCUT2D eigenvalue weighted by molar-refractivity contribution is 0.816. The molecule has 0 heteroatoms. The molecular formula is C20H24. The third kappa shape index (κ3) is 2.18. The molecule has 0 atom stereocenters. The number of hydrogen-bond acceptors (Lipinski definition) is 0. The van der Waals surface area contributed by atoms with Gasteiger partial charge < -0.3 is 0 Å². The molecule has 3 rings (SSSR count). The fourth-order valence-corrected chi connectivity index (χ4v) is 3.75. The number of aryl methyl sites for hydroxylation is 4. The molecule has 0 amide bonds. The summed E-state index contributed by atoms with van der Waals surface area (Å²) >= 11 is 0. The van der Waals surface area contributed by atoms with Crippen LogP contribution in [0.4, 0.5) is 0 Å². The van der Waals surface area contributed by atoms with Crippen LogP contribution in [-0.2, 0) is 25.7 Å². The molecule has 0 N–H and O–H groups in total. The van der Waals surface area contributed by atoms with Crippen molar-refractivity contribution in [2.45, 2.75) is 53.4 Å². The van der Waals surface area contributed by atoms with Crippen LogP contribution in [-0.4, -0.2) is 0 Å². The monoisotopic (exact) mass is 264 g/mol. The maximum absolute atomic E-state index is 2.29. The second kappa shape index (κ2) is 5.09. The van der Waals surface area contributed by atoms with E-state index in [1.807, 2.05) is 0 Å². The van der Waals surface area contributed by atoms with Crippen LogP contribution in [0.1, 0.15) is 44.5 Å². The van der Waals surface area contributed by atoms with Gasteiger partial charge in [0.05, 0.1) is 0 Å². The normalized spacial score (nSPS) is 14.2. The Balaban J connectivity index is 2.09. The van der Waals surface area contributed by atoms with Crippen molar-refractivity contribution < 1.29 is 0 Å². The molecule has 2 aromatic rings. The van der Waals surface area contributed by atoms with Gasteiger partial charge in [-0.1, -0.05) is 24.3 Å². The SMILES string of the molecule is Cc1ccc(C)c2c1CCc1c(C)ccc(C)c1CC2. The van der Waals surface area contributed by atoms with Crippen molar-refractivity contribution in [3.05, 3.63) is 68.8 Å². The number of hydrogen-bond donors (Lipinski definition) is 0. The van der Waals surface area contributed by atoms with Crippen LogP contribution in [0, 0.1) is 27.7 Å². The van der Waals surface area contributed by atoms with Gasteiger partial charge >= 0.3 is 0 Å². The smallest absolute Gasteiger partial charge is 0.0233 e. The maximum atomic E-state index is 2.29. The number of benzene rings is 2. The highest BCUT2D eigenvalue weighted by Crippen LogP contribution is 2.29. The third-order valence-corrected chi connectivity index (χ3v) is 5.05. The van der Waals surface area contributed by atoms with Crippen molar-refractivity contribution in [1.29, 1.82) is 0 Å². The summed E-state index contributed by atoms with van der Waals surface area (Å²) in [5.74, 6) is 0. The van der Waals surface area contributed by atoms with E-state index in [1.165, 1.54) is 47.9 Å². The fraction of sp³-hybridized carbons (Fsp3) is 0.400. The minimum absolute atomic E-state index is 1.19. The molecule has 0 nitrogen and oxygen atoms in total. The molecule has 0 fully saturated rings. The quantitative estimate of drug-likeness (QED) is 0.641. The van der Waals surface area contributed by atoms with Crippen LogP contribution >= 0.6 is 0 Å². The van der Waals surface area contributed by atoms with Gasteiger partial charge in [-0.05, 0) is 97.9 Å². The minimum atomic E-state index is 1.19. The largest absolute Gasteiger partial charge is 0.0588 e. The molecule has 0 saturated carbocycles. The van der Waals surface area contributed by atoms with Gasteiger partial charge in [-0.15, -0.1) is 0 Å². The number of rotatable bonds is 0. The van der Waals surface area contributed by atoms with Crippen LogP contribution < -0.4 is 0 Å². The molecule has 0 heterocycles. The van der Waals surface area contributed by atoms with Crippen LogP contribution in [0.15, 0.2) is 24.3 Å². The molecule has 0 saturated heterocycles. The fourth-order valence-electron chi connectivity index (χ4n) is 3.75. The lowest BCUT2D eigenvalue weighted by Crippen LogP contribution is -2.12. The summed E-state index contributed by atoms with van der Waals surface area (Å²) in [6.45, 7) is 9.07. The van der Waals surface area contributed by atoms with Crippen molar-refractivity contribution >= 4 is 0 Å². The zero-order chi connectivity index (χ0) is 14.3. The lowest BCUT2D eigenvalue weighted by atomic mass is 9.82. The molecule has 0 unspecified atom stereocenters. The maximum Gasteiger partial charge on any atom is -0.0233 e. The van der Waals surface area contributed by atoms with Gasteiger partial charge in [-0.2, -0.15) is 0 Å². The molecule has 0 spiro atoms. The zero-order valence-electron chi connectivity index (χ0n) is 13.1. The molecule has 2 aromatic carbocycles. The van der Waals surface area contributed by atoms with Gasteiger partial charge in [0.15, 0.2) is 0 Å². The van der Waals surface area contributed by atoms with Crippen molar-refractivity contribution in [1.82, 2.24) is 0 Å². The van der Waals surface area contributed by atoms with Gasteiger partial charge in [-0.3, -0.25) is 0 Å². The molecule has 104 valence electrons. The van der Waals surface area contributed by atoms with E-state index >= 15 is 0 Å². The van der Waals surface area contributed by atoms with Crippen LogP contribution in [0.3, 0.4) is 0 Å². The topological polar surface area (TPSA) is 0 Å². The third-order valence-electron chi connectivity index (χ3n) is 5.05. The Bertz CT molecular complexity index is 545. The van der Waals surface area contributed by atoms with Crippen LogP contribution in [0.25, 0.3) is 0 Å². The first kappa shape index (κ1) is 13.4. The van der Waals surface area contributed by atoms with Crippen molar-refractivity contribution in [3.63, 3.8) is 0 Å². The standard InChI is InChI=1S/C20H24/c1-13-5-6-14(2)18-11-12-20-16(4)8-7-15(3)19(20)10-9-17(13)18/h5-8H,9-12H2,1-4H3. The van der Waals surface area contributed by atoms with Crippen molar-refractivity contribution in [3.8, 4) is 0 Å². The molecule has 0 radical (unpaired) electrons. The Labute approximate surface area is 122 Å². The van der Waals surface area contributed by atoms with Gasteiger partial charge in [0.25, 0.3) is 0 Å².